The predicted octanol–water partition coefficient (Wildman–Crippen LogP) is 5.86. The summed E-state index contributed by atoms with van der Waals surface area (Å²) in [5, 5.41) is 12.3. The van der Waals surface area contributed by atoms with Crippen LogP contribution in [0, 0.1) is 0 Å². The molecule has 0 aliphatic carbocycles. The molecule has 0 N–H and O–H groups in total. The Balaban J connectivity index is 1.56. The number of thiophene rings is 1. The van der Waals surface area contributed by atoms with Crippen molar-refractivity contribution in [3.8, 4) is 0 Å². The smallest absolute Gasteiger partial charge is 0.272 e. The molecular weight excluding hydrogens is 448 g/mol. The zero-order valence-electron chi connectivity index (χ0n) is 16.7. The van der Waals surface area contributed by atoms with Gasteiger partial charge in [-0.3, -0.25) is 13.8 Å². The summed E-state index contributed by atoms with van der Waals surface area (Å²) < 4.78 is 4.48. The minimum atomic E-state index is -0.0147. The van der Waals surface area contributed by atoms with Crippen LogP contribution >= 0.6 is 34.7 Å². The van der Waals surface area contributed by atoms with E-state index in [2.05, 4.69) is 29.3 Å². The van der Waals surface area contributed by atoms with E-state index in [0.717, 1.165) is 20.9 Å². The average molecular weight is 467 g/mol. The summed E-state index contributed by atoms with van der Waals surface area (Å²) in [4.78, 5) is 13.3. The van der Waals surface area contributed by atoms with Crippen molar-refractivity contribution in [2.24, 2.45) is 0 Å². The van der Waals surface area contributed by atoms with Crippen LogP contribution in [0.15, 0.2) is 76.0 Å². The summed E-state index contributed by atoms with van der Waals surface area (Å²) >= 11 is 9.17. The molecule has 5 aromatic rings. The van der Waals surface area contributed by atoms with Crippen molar-refractivity contribution in [2.45, 2.75) is 30.3 Å². The SMILES string of the molecule is CC(Cn1c(=O)c2sccc2n2c(SCc3cccc(Cl)c3)nnc12)c1ccccc1. The number of fused-ring (bicyclic) bond motifs is 3. The molecule has 0 saturated heterocycles. The van der Waals surface area contributed by atoms with Crippen LogP contribution in [0.3, 0.4) is 0 Å². The molecule has 3 heterocycles. The highest BCUT2D eigenvalue weighted by Gasteiger charge is 2.19. The second-order valence-corrected chi connectivity index (χ2v) is 9.69. The molecule has 0 aliphatic heterocycles. The van der Waals surface area contributed by atoms with Crippen LogP contribution in [-0.4, -0.2) is 19.2 Å². The Morgan fingerprint density at radius 1 is 1.10 bits per heavy atom. The van der Waals surface area contributed by atoms with Crippen LogP contribution in [-0.2, 0) is 12.3 Å². The Morgan fingerprint density at radius 3 is 2.74 bits per heavy atom. The number of benzene rings is 2. The van der Waals surface area contributed by atoms with Gasteiger partial charge < -0.3 is 0 Å². The van der Waals surface area contributed by atoms with Gasteiger partial charge in [0.15, 0.2) is 5.16 Å². The summed E-state index contributed by atoms with van der Waals surface area (Å²) in [6.07, 6.45) is 0. The number of rotatable bonds is 6. The first-order valence-electron chi connectivity index (χ1n) is 9.89. The van der Waals surface area contributed by atoms with Crippen molar-refractivity contribution in [1.82, 2.24) is 19.2 Å². The average Bonchev–Trinajstić information content (AvgIpc) is 3.43. The van der Waals surface area contributed by atoms with Crippen molar-refractivity contribution >= 4 is 50.7 Å². The van der Waals surface area contributed by atoms with E-state index in [0.29, 0.717) is 23.1 Å². The van der Waals surface area contributed by atoms with Gasteiger partial charge in [-0.25, -0.2) is 0 Å². The first-order valence-corrected chi connectivity index (χ1v) is 12.1. The lowest BCUT2D eigenvalue weighted by Gasteiger charge is -2.15. The summed E-state index contributed by atoms with van der Waals surface area (Å²) in [7, 11) is 0. The van der Waals surface area contributed by atoms with Crippen LogP contribution in [0.4, 0.5) is 0 Å². The number of aromatic nitrogens is 4. The topological polar surface area (TPSA) is 52.2 Å². The molecular formula is C23H19ClN4OS2. The predicted molar refractivity (Wildman–Crippen MR) is 128 cm³/mol. The third-order valence-corrected chi connectivity index (χ3v) is 7.39. The highest BCUT2D eigenvalue weighted by molar-refractivity contribution is 7.98. The quantitative estimate of drug-likeness (QED) is 0.294. The van der Waals surface area contributed by atoms with E-state index in [1.54, 1.807) is 16.3 Å². The largest absolute Gasteiger partial charge is 0.275 e. The van der Waals surface area contributed by atoms with Crippen molar-refractivity contribution in [1.29, 1.82) is 0 Å². The standard InChI is InChI=1S/C23H19ClN4OS2/c1-15(17-7-3-2-4-8-17)13-27-21(29)20-19(10-11-30-20)28-22(27)25-26-23(28)31-14-16-6-5-9-18(24)12-16/h2-12,15H,13-14H2,1H3. The van der Waals surface area contributed by atoms with Gasteiger partial charge in [-0.05, 0) is 40.6 Å². The molecule has 0 spiro atoms. The van der Waals surface area contributed by atoms with Gasteiger partial charge in [0.1, 0.15) is 4.70 Å². The molecule has 1 unspecified atom stereocenters. The molecule has 1 atom stereocenters. The normalized spacial score (nSPS) is 12.6. The Morgan fingerprint density at radius 2 is 1.94 bits per heavy atom. The lowest BCUT2D eigenvalue weighted by atomic mass is 10.0. The molecule has 8 heteroatoms. The molecule has 0 aliphatic rings. The zero-order valence-corrected chi connectivity index (χ0v) is 19.1. The van der Waals surface area contributed by atoms with E-state index in [1.807, 2.05) is 58.3 Å². The number of hydrogen-bond acceptors (Lipinski definition) is 5. The Hall–Kier alpha value is -2.61. The van der Waals surface area contributed by atoms with Crippen LogP contribution < -0.4 is 5.56 Å². The number of thioether (sulfide) groups is 1. The fourth-order valence-electron chi connectivity index (χ4n) is 3.69. The maximum absolute atomic E-state index is 13.3. The monoisotopic (exact) mass is 466 g/mol. The fraction of sp³-hybridized carbons (Fsp3) is 0.174. The molecule has 0 bridgehead atoms. The van der Waals surface area contributed by atoms with Crippen LogP contribution in [0.2, 0.25) is 5.02 Å². The number of nitrogens with zero attached hydrogens (tertiary/aromatic N) is 4. The first-order chi connectivity index (χ1) is 15.1. The van der Waals surface area contributed by atoms with Crippen LogP contribution in [0.1, 0.15) is 24.0 Å². The second kappa shape index (κ2) is 8.49. The van der Waals surface area contributed by atoms with Crippen LogP contribution in [0.25, 0.3) is 16.0 Å². The maximum Gasteiger partial charge on any atom is 0.272 e. The molecule has 2 aromatic carbocycles. The molecule has 31 heavy (non-hydrogen) atoms. The van der Waals surface area contributed by atoms with Crippen molar-refractivity contribution in [3.05, 3.63) is 92.5 Å². The first kappa shape index (κ1) is 20.3. The highest BCUT2D eigenvalue weighted by Crippen LogP contribution is 2.28. The summed E-state index contributed by atoms with van der Waals surface area (Å²) in [6.45, 7) is 2.67. The molecule has 0 fully saturated rings. The van der Waals surface area contributed by atoms with E-state index in [-0.39, 0.29) is 11.5 Å². The van der Waals surface area contributed by atoms with Gasteiger partial charge in [0.05, 0.1) is 5.52 Å². The molecule has 5 nitrogen and oxygen atoms in total. The Kier molecular flexibility index (Phi) is 5.56. The van der Waals surface area contributed by atoms with Gasteiger partial charge >= 0.3 is 0 Å². The van der Waals surface area contributed by atoms with Crippen LogP contribution in [0.5, 0.6) is 0 Å². The highest BCUT2D eigenvalue weighted by atomic mass is 35.5. The molecule has 0 saturated carbocycles. The molecule has 5 rings (SSSR count). The van der Waals surface area contributed by atoms with Crippen molar-refractivity contribution < 1.29 is 0 Å². The van der Waals surface area contributed by atoms with E-state index in [1.165, 1.54) is 16.9 Å². The Labute approximate surface area is 192 Å². The van der Waals surface area contributed by atoms with Gasteiger partial charge in [0.25, 0.3) is 5.56 Å². The third kappa shape index (κ3) is 3.89. The number of hydrogen-bond donors (Lipinski definition) is 0. The summed E-state index contributed by atoms with van der Waals surface area (Å²) in [5.41, 5.74) is 3.14. The number of halogens is 1. The molecule has 0 amide bonds. The third-order valence-electron chi connectivity index (χ3n) is 5.26. The van der Waals surface area contributed by atoms with E-state index in [4.69, 9.17) is 11.6 Å². The fourth-order valence-corrected chi connectivity index (χ4v) is 5.61. The minimum absolute atomic E-state index is 0.0147. The van der Waals surface area contributed by atoms with Crippen molar-refractivity contribution in [2.75, 3.05) is 0 Å². The molecule has 156 valence electrons. The summed E-state index contributed by atoms with van der Waals surface area (Å²) in [5.74, 6) is 1.46. The molecule has 0 radical (unpaired) electrons. The lowest BCUT2D eigenvalue weighted by molar-refractivity contribution is 0.588. The van der Waals surface area contributed by atoms with E-state index >= 15 is 0 Å². The van der Waals surface area contributed by atoms with Gasteiger partial charge in [0.2, 0.25) is 5.78 Å². The van der Waals surface area contributed by atoms with Gasteiger partial charge in [0, 0.05) is 17.3 Å². The maximum atomic E-state index is 13.3. The molecule has 3 aromatic heterocycles. The lowest BCUT2D eigenvalue weighted by Crippen LogP contribution is -2.24. The Bertz CT molecular complexity index is 1420. The van der Waals surface area contributed by atoms with Gasteiger partial charge in [-0.1, -0.05) is 72.8 Å². The minimum Gasteiger partial charge on any atom is -0.275 e. The van der Waals surface area contributed by atoms with E-state index < -0.39 is 0 Å². The van der Waals surface area contributed by atoms with Gasteiger partial charge in [-0.15, -0.1) is 21.5 Å². The van der Waals surface area contributed by atoms with E-state index in [9.17, 15) is 4.79 Å². The summed E-state index contributed by atoms with van der Waals surface area (Å²) in [6, 6.07) is 20.0. The van der Waals surface area contributed by atoms with Gasteiger partial charge in [-0.2, -0.15) is 0 Å². The zero-order chi connectivity index (χ0) is 21.4. The second-order valence-electron chi connectivity index (χ2n) is 7.40. The van der Waals surface area contributed by atoms with Crippen molar-refractivity contribution in [3.63, 3.8) is 0 Å².